The molecule has 2 heterocycles. The molecule has 1 aromatic heterocycles. The number of piperazine rings is 1. The predicted octanol–water partition coefficient (Wildman–Crippen LogP) is 2.15. The summed E-state index contributed by atoms with van der Waals surface area (Å²) >= 11 is 0. The summed E-state index contributed by atoms with van der Waals surface area (Å²) < 4.78 is 2.05. The highest BCUT2D eigenvalue weighted by Crippen LogP contribution is 2.31. The molecule has 1 aliphatic heterocycles. The van der Waals surface area contributed by atoms with Gasteiger partial charge in [-0.25, -0.2) is 4.68 Å². The van der Waals surface area contributed by atoms with Crippen molar-refractivity contribution in [1.82, 2.24) is 30.0 Å². The number of nitrogens with zero attached hydrogens (tertiary/aromatic N) is 6. The van der Waals surface area contributed by atoms with E-state index in [4.69, 9.17) is 0 Å². The summed E-state index contributed by atoms with van der Waals surface area (Å²) in [6.45, 7) is 19.0. The van der Waals surface area contributed by atoms with Crippen molar-refractivity contribution in [2.45, 2.75) is 59.5 Å². The first-order valence-corrected chi connectivity index (χ1v) is 8.65. The monoisotopic (exact) mass is 308 g/mol. The molecule has 0 aromatic carbocycles. The van der Waals surface area contributed by atoms with Gasteiger partial charge in [-0.15, -0.1) is 5.10 Å². The summed E-state index contributed by atoms with van der Waals surface area (Å²) in [4.78, 5) is 5.07. The second-order valence-corrected chi connectivity index (χ2v) is 7.27. The zero-order chi connectivity index (χ0) is 16.3. The average molecular weight is 308 g/mol. The minimum atomic E-state index is -0.0444. The lowest BCUT2D eigenvalue weighted by Crippen LogP contribution is -2.49. The molecule has 0 radical (unpaired) electrons. The van der Waals surface area contributed by atoms with Gasteiger partial charge in [0.2, 0.25) is 0 Å². The summed E-state index contributed by atoms with van der Waals surface area (Å²) in [5.41, 5.74) is -0.0444. The molecular weight excluding hydrogens is 276 g/mol. The SMILES string of the molecule is CCN1CCN(C(c2nnnn2C(C)(C)CC)C(C)C)CC1. The third-order valence-electron chi connectivity index (χ3n) is 5.08. The van der Waals surface area contributed by atoms with E-state index in [9.17, 15) is 0 Å². The zero-order valence-corrected chi connectivity index (χ0v) is 15.1. The lowest BCUT2D eigenvalue weighted by molar-refractivity contribution is 0.0687. The van der Waals surface area contributed by atoms with Gasteiger partial charge in [-0.3, -0.25) is 4.90 Å². The lowest BCUT2D eigenvalue weighted by Gasteiger charge is -2.40. The quantitative estimate of drug-likeness (QED) is 0.806. The topological polar surface area (TPSA) is 50.1 Å². The summed E-state index contributed by atoms with van der Waals surface area (Å²) in [7, 11) is 0. The van der Waals surface area contributed by atoms with Crippen LogP contribution in [0, 0.1) is 5.92 Å². The van der Waals surface area contributed by atoms with Crippen LogP contribution < -0.4 is 0 Å². The second-order valence-electron chi connectivity index (χ2n) is 7.27. The van der Waals surface area contributed by atoms with Crippen LogP contribution in [0.3, 0.4) is 0 Å². The predicted molar refractivity (Wildman–Crippen MR) is 88.7 cm³/mol. The summed E-state index contributed by atoms with van der Waals surface area (Å²) in [6.07, 6.45) is 1.01. The van der Waals surface area contributed by atoms with E-state index < -0.39 is 0 Å². The van der Waals surface area contributed by atoms with E-state index in [0.29, 0.717) is 12.0 Å². The van der Waals surface area contributed by atoms with Crippen LogP contribution >= 0.6 is 0 Å². The van der Waals surface area contributed by atoms with Crippen LogP contribution in [0.15, 0.2) is 0 Å². The first-order chi connectivity index (χ1) is 10.4. The molecule has 0 spiro atoms. The number of likely N-dealkylation sites (N-methyl/N-ethyl adjacent to an activating group) is 1. The minimum Gasteiger partial charge on any atom is -0.301 e. The van der Waals surface area contributed by atoms with Crippen molar-refractivity contribution in [3.05, 3.63) is 5.82 Å². The van der Waals surface area contributed by atoms with Crippen molar-refractivity contribution in [2.24, 2.45) is 5.92 Å². The number of hydrogen-bond donors (Lipinski definition) is 0. The Kier molecular flexibility index (Phi) is 5.55. The van der Waals surface area contributed by atoms with E-state index in [-0.39, 0.29) is 5.54 Å². The normalized spacial score (nSPS) is 19.8. The highest BCUT2D eigenvalue weighted by Gasteiger charge is 2.34. The Morgan fingerprint density at radius 2 is 1.73 bits per heavy atom. The van der Waals surface area contributed by atoms with Gasteiger partial charge < -0.3 is 4.90 Å². The van der Waals surface area contributed by atoms with Crippen molar-refractivity contribution in [3.8, 4) is 0 Å². The third kappa shape index (κ3) is 3.49. The molecular formula is C16H32N6. The van der Waals surface area contributed by atoms with Crippen molar-refractivity contribution < 1.29 is 0 Å². The van der Waals surface area contributed by atoms with Crippen LogP contribution in [0.2, 0.25) is 0 Å². The van der Waals surface area contributed by atoms with Crippen molar-refractivity contribution in [2.75, 3.05) is 32.7 Å². The molecule has 22 heavy (non-hydrogen) atoms. The first kappa shape index (κ1) is 17.3. The fraction of sp³-hybridized carbons (Fsp3) is 0.938. The van der Waals surface area contributed by atoms with Crippen molar-refractivity contribution >= 4 is 0 Å². The Labute approximate surface area is 134 Å². The van der Waals surface area contributed by atoms with E-state index in [0.717, 1.165) is 45.0 Å². The summed E-state index contributed by atoms with van der Waals surface area (Å²) in [5.74, 6) is 1.51. The molecule has 1 atom stereocenters. The van der Waals surface area contributed by atoms with Crippen LogP contribution in [0.25, 0.3) is 0 Å². The van der Waals surface area contributed by atoms with Gasteiger partial charge in [-0.05, 0) is 43.2 Å². The molecule has 0 N–H and O–H groups in total. The van der Waals surface area contributed by atoms with Gasteiger partial charge in [0.15, 0.2) is 5.82 Å². The Morgan fingerprint density at radius 1 is 1.09 bits per heavy atom. The highest BCUT2D eigenvalue weighted by molar-refractivity contribution is 5.00. The van der Waals surface area contributed by atoms with Gasteiger partial charge in [-0.2, -0.15) is 0 Å². The maximum absolute atomic E-state index is 4.41. The molecule has 1 aromatic rings. The second kappa shape index (κ2) is 7.04. The molecule has 0 amide bonds. The van der Waals surface area contributed by atoms with Crippen LogP contribution in [0.4, 0.5) is 0 Å². The average Bonchev–Trinajstić information content (AvgIpc) is 2.98. The molecule has 1 saturated heterocycles. The summed E-state index contributed by atoms with van der Waals surface area (Å²) in [5, 5.41) is 12.7. The maximum atomic E-state index is 4.41. The van der Waals surface area contributed by atoms with Gasteiger partial charge in [-0.1, -0.05) is 27.7 Å². The Morgan fingerprint density at radius 3 is 2.23 bits per heavy atom. The molecule has 0 bridgehead atoms. The van der Waals surface area contributed by atoms with Crippen LogP contribution in [-0.2, 0) is 5.54 Å². The molecule has 6 heteroatoms. The third-order valence-corrected chi connectivity index (χ3v) is 5.08. The van der Waals surface area contributed by atoms with Crippen LogP contribution in [0.5, 0.6) is 0 Å². The molecule has 1 unspecified atom stereocenters. The van der Waals surface area contributed by atoms with Crippen LogP contribution in [0.1, 0.15) is 59.8 Å². The largest absolute Gasteiger partial charge is 0.301 e. The van der Waals surface area contributed by atoms with Gasteiger partial charge in [0.1, 0.15) is 0 Å². The summed E-state index contributed by atoms with van der Waals surface area (Å²) in [6, 6.07) is 0.292. The lowest BCUT2D eigenvalue weighted by atomic mass is 9.97. The molecule has 126 valence electrons. The van der Waals surface area contributed by atoms with E-state index in [1.54, 1.807) is 0 Å². The fourth-order valence-electron chi connectivity index (χ4n) is 3.20. The van der Waals surface area contributed by atoms with Crippen LogP contribution in [-0.4, -0.2) is 62.7 Å². The molecule has 0 aliphatic carbocycles. The molecule has 6 nitrogen and oxygen atoms in total. The van der Waals surface area contributed by atoms with Crippen molar-refractivity contribution in [1.29, 1.82) is 0 Å². The fourth-order valence-corrected chi connectivity index (χ4v) is 3.20. The minimum absolute atomic E-state index is 0.0444. The van der Waals surface area contributed by atoms with E-state index in [2.05, 4.69) is 66.9 Å². The molecule has 1 fully saturated rings. The molecule has 2 rings (SSSR count). The Balaban J connectivity index is 2.25. The van der Waals surface area contributed by atoms with E-state index >= 15 is 0 Å². The first-order valence-electron chi connectivity index (χ1n) is 8.65. The van der Waals surface area contributed by atoms with E-state index in [1.807, 2.05) is 4.68 Å². The number of hydrogen-bond acceptors (Lipinski definition) is 5. The maximum Gasteiger partial charge on any atom is 0.169 e. The van der Waals surface area contributed by atoms with Gasteiger partial charge >= 0.3 is 0 Å². The highest BCUT2D eigenvalue weighted by atomic mass is 15.6. The molecule has 1 aliphatic rings. The smallest absolute Gasteiger partial charge is 0.169 e. The number of rotatable bonds is 6. The van der Waals surface area contributed by atoms with Gasteiger partial charge in [0, 0.05) is 26.2 Å². The Bertz CT molecular complexity index is 459. The standard InChI is InChI=1S/C16H32N6/c1-7-16(5,6)22-15(17-18-19-22)14(13(3)4)21-11-9-20(8-2)10-12-21/h13-14H,7-12H2,1-6H3. The molecule has 0 saturated carbocycles. The van der Waals surface area contributed by atoms with Crippen molar-refractivity contribution in [3.63, 3.8) is 0 Å². The van der Waals surface area contributed by atoms with Gasteiger partial charge in [0.05, 0.1) is 11.6 Å². The number of aromatic nitrogens is 4. The Hall–Kier alpha value is -1.01. The zero-order valence-electron chi connectivity index (χ0n) is 15.1. The number of tetrazole rings is 1. The van der Waals surface area contributed by atoms with E-state index in [1.165, 1.54) is 0 Å². The van der Waals surface area contributed by atoms with Gasteiger partial charge in [0.25, 0.3) is 0 Å².